The van der Waals surface area contributed by atoms with Crippen LogP contribution in [0.3, 0.4) is 0 Å². The smallest absolute Gasteiger partial charge is 0.387 e. The molecular formula is C14H11BrF2O2. The summed E-state index contributed by atoms with van der Waals surface area (Å²) in [7, 11) is 0. The predicted molar refractivity (Wildman–Crippen MR) is 71.3 cm³/mol. The van der Waals surface area contributed by atoms with Gasteiger partial charge in [-0.1, -0.05) is 40.2 Å². The maximum Gasteiger partial charge on any atom is 0.387 e. The minimum Gasteiger partial charge on any atom is -0.435 e. The van der Waals surface area contributed by atoms with Crippen LogP contribution in [-0.2, 0) is 0 Å². The van der Waals surface area contributed by atoms with Crippen molar-refractivity contribution < 1.29 is 18.6 Å². The lowest BCUT2D eigenvalue weighted by molar-refractivity contribution is -0.0498. The largest absolute Gasteiger partial charge is 0.435 e. The fourth-order valence-corrected chi connectivity index (χ4v) is 1.93. The molecule has 0 bridgehead atoms. The van der Waals surface area contributed by atoms with E-state index in [1.54, 1.807) is 24.3 Å². The molecule has 2 aromatic rings. The van der Waals surface area contributed by atoms with Crippen LogP contribution < -0.4 is 4.74 Å². The van der Waals surface area contributed by atoms with Crippen LogP contribution in [0.2, 0.25) is 0 Å². The summed E-state index contributed by atoms with van der Waals surface area (Å²) >= 11 is 3.31. The van der Waals surface area contributed by atoms with Crippen LogP contribution in [0.25, 0.3) is 0 Å². The monoisotopic (exact) mass is 328 g/mol. The van der Waals surface area contributed by atoms with E-state index in [2.05, 4.69) is 20.7 Å². The average Bonchev–Trinajstić information content (AvgIpc) is 2.39. The van der Waals surface area contributed by atoms with E-state index in [1.165, 1.54) is 12.1 Å². The zero-order valence-corrected chi connectivity index (χ0v) is 11.3. The van der Waals surface area contributed by atoms with Crippen molar-refractivity contribution in [3.8, 4) is 5.75 Å². The summed E-state index contributed by atoms with van der Waals surface area (Å²) in [4.78, 5) is 0. The SMILES string of the molecule is OC(c1ccc(Br)cc1)c1ccc(OC(F)F)cc1. The molecule has 1 atom stereocenters. The van der Waals surface area contributed by atoms with Gasteiger partial charge in [-0.25, -0.2) is 0 Å². The van der Waals surface area contributed by atoms with Crippen molar-refractivity contribution in [1.82, 2.24) is 0 Å². The number of hydrogen-bond acceptors (Lipinski definition) is 2. The van der Waals surface area contributed by atoms with Gasteiger partial charge in [0.1, 0.15) is 11.9 Å². The molecule has 100 valence electrons. The van der Waals surface area contributed by atoms with Gasteiger partial charge in [0.05, 0.1) is 0 Å². The highest BCUT2D eigenvalue weighted by Crippen LogP contribution is 2.25. The lowest BCUT2D eigenvalue weighted by atomic mass is 10.0. The van der Waals surface area contributed by atoms with E-state index in [0.29, 0.717) is 5.56 Å². The number of ether oxygens (including phenoxy) is 1. The maximum absolute atomic E-state index is 12.0. The Morgan fingerprint density at radius 1 is 0.895 bits per heavy atom. The van der Waals surface area contributed by atoms with E-state index in [9.17, 15) is 13.9 Å². The Morgan fingerprint density at radius 2 is 1.37 bits per heavy atom. The van der Waals surface area contributed by atoms with E-state index in [1.807, 2.05) is 12.1 Å². The fourth-order valence-electron chi connectivity index (χ4n) is 1.67. The third-order valence-corrected chi connectivity index (χ3v) is 3.14. The van der Waals surface area contributed by atoms with E-state index in [0.717, 1.165) is 10.0 Å². The Balaban J connectivity index is 2.15. The molecule has 2 rings (SSSR count). The topological polar surface area (TPSA) is 29.5 Å². The standard InChI is InChI=1S/C14H11BrF2O2/c15-11-5-1-9(2-6-11)13(18)10-3-7-12(8-4-10)19-14(16)17/h1-8,13-14,18H. The normalized spacial score (nSPS) is 12.5. The second kappa shape index (κ2) is 6.12. The number of hydrogen-bond donors (Lipinski definition) is 1. The molecule has 0 saturated carbocycles. The average molecular weight is 329 g/mol. The third kappa shape index (κ3) is 3.75. The number of alkyl halides is 2. The second-order valence-corrected chi connectivity index (χ2v) is 4.82. The van der Waals surface area contributed by atoms with Gasteiger partial charge < -0.3 is 9.84 Å². The molecule has 19 heavy (non-hydrogen) atoms. The van der Waals surface area contributed by atoms with Crippen LogP contribution in [0.5, 0.6) is 5.75 Å². The summed E-state index contributed by atoms with van der Waals surface area (Å²) in [6, 6.07) is 13.2. The molecular weight excluding hydrogens is 318 g/mol. The van der Waals surface area contributed by atoms with Gasteiger partial charge in [0, 0.05) is 4.47 Å². The number of benzene rings is 2. The molecule has 5 heteroatoms. The maximum atomic E-state index is 12.0. The minimum atomic E-state index is -2.85. The first-order valence-electron chi connectivity index (χ1n) is 5.54. The summed E-state index contributed by atoms with van der Waals surface area (Å²) in [5.41, 5.74) is 1.34. The number of aliphatic hydroxyl groups is 1. The first-order valence-corrected chi connectivity index (χ1v) is 6.34. The van der Waals surface area contributed by atoms with Gasteiger partial charge >= 0.3 is 6.61 Å². The quantitative estimate of drug-likeness (QED) is 0.914. The fraction of sp³-hybridized carbons (Fsp3) is 0.143. The number of rotatable bonds is 4. The van der Waals surface area contributed by atoms with Crippen molar-refractivity contribution in [2.24, 2.45) is 0 Å². The molecule has 0 fully saturated rings. The van der Waals surface area contributed by atoms with Crippen LogP contribution in [-0.4, -0.2) is 11.7 Å². The molecule has 0 heterocycles. The van der Waals surface area contributed by atoms with Crippen molar-refractivity contribution in [2.45, 2.75) is 12.7 Å². The molecule has 0 spiro atoms. The zero-order chi connectivity index (χ0) is 13.8. The van der Waals surface area contributed by atoms with Gasteiger partial charge in [-0.15, -0.1) is 0 Å². The molecule has 1 unspecified atom stereocenters. The number of halogens is 3. The number of aliphatic hydroxyl groups excluding tert-OH is 1. The Morgan fingerprint density at radius 3 is 1.84 bits per heavy atom. The Hall–Kier alpha value is -1.46. The van der Waals surface area contributed by atoms with E-state index >= 15 is 0 Å². The lowest BCUT2D eigenvalue weighted by Crippen LogP contribution is -2.03. The molecule has 0 aliphatic heterocycles. The Labute approximate surface area is 117 Å². The third-order valence-electron chi connectivity index (χ3n) is 2.61. The van der Waals surface area contributed by atoms with Crippen molar-refractivity contribution in [3.63, 3.8) is 0 Å². The molecule has 0 aliphatic carbocycles. The minimum absolute atomic E-state index is 0.0711. The van der Waals surface area contributed by atoms with Crippen molar-refractivity contribution in [3.05, 3.63) is 64.1 Å². The van der Waals surface area contributed by atoms with E-state index in [-0.39, 0.29) is 5.75 Å². The lowest BCUT2D eigenvalue weighted by Gasteiger charge is -2.12. The van der Waals surface area contributed by atoms with Crippen molar-refractivity contribution in [2.75, 3.05) is 0 Å². The summed E-state index contributed by atoms with van der Waals surface area (Å²) < 4.78 is 29.2. The zero-order valence-electron chi connectivity index (χ0n) is 9.76. The van der Waals surface area contributed by atoms with E-state index in [4.69, 9.17) is 0 Å². The predicted octanol–water partition coefficient (Wildman–Crippen LogP) is 4.13. The molecule has 1 N–H and O–H groups in total. The van der Waals surface area contributed by atoms with Crippen LogP contribution in [0.15, 0.2) is 53.0 Å². The van der Waals surface area contributed by atoms with Gasteiger partial charge in [0.2, 0.25) is 0 Å². The highest BCUT2D eigenvalue weighted by atomic mass is 79.9. The van der Waals surface area contributed by atoms with Gasteiger partial charge in [0.15, 0.2) is 0 Å². The summed E-state index contributed by atoms with van der Waals surface area (Å²) in [5, 5.41) is 10.2. The molecule has 0 saturated heterocycles. The highest BCUT2D eigenvalue weighted by molar-refractivity contribution is 9.10. The second-order valence-electron chi connectivity index (χ2n) is 3.90. The van der Waals surface area contributed by atoms with Crippen molar-refractivity contribution in [1.29, 1.82) is 0 Å². The Kier molecular flexibility index (Phi) is 4.50. The van der Waals surface area contributed by atoms with Crippen molar-refractivity contribution >= 4 is 15.9 Å². The molecule has 0 radical (unpaired) electrons. The first kappa shape index (κ1) is 14.0. The molecule has 0 aromatic heterocycles. The van der Waals surface area contributed by atoms with E-state index < -0.39 is 12.7 Å². The van der Waals surface area contributed by atoms with Crippen LogP contribution in [0.1, 0.15) is 17.2 Å². The molecule has 2 nitrogen and oxygen atoms in total. The van der Waals surface area contributed by atoms with Crippen LogP contribution in [0, 0.1) is 0 Å². The van der Waals surface area contributed by atoms with Gasteiger partial charge in [-0.3, -0.25) is 0 Å². The molecule has 2 aromatic carbocycles. The van der Waals surface area contributed by atoms with Crippen LogP contribution in [0.4, 0.5) is 8.78 Å². The highest BCUT2D eigenvalue weighted by Gasteiger charge is 2.11. The van der Waals surface area contributed by atoms with Gasteiger partial charge in [0.25, 0.3) is 0 Å². The van der Waals surface area contributed by atoms with Gasteiger partial charge in [-0.05, 0) is 35.4 Å². The first-order chi connectivity index (χ1) is 9.06. The summed E-state index contributed by atoms with van der Waals surface area (Å²) in [6.45, 7) is -2.85. The Bertz CT molecular complexity index is 526. The summed E-state index contributed by atoms with van der Waals surface area (Å²) in [5.74, 6) is 0.0711. The molecule has 0 aliphatic rings. The molecule has 0 amide bonds. The summed E-state index contributed by atoms with van der Waals surface area (Å²) in [6.07, 6.45) is -0.798. The van der Waals surface area contributed by atoms with Crippen LogP contribution >= 0.6 is 15.9 Å². The van der Waals surface area contributed by atoms with Gasteiger partial charge in [-0.2, -0.15) is 8.78 Å².